The number of nitrogens with one attached hydrogen (secondary N) is 2. The molecule has 2 fully saturated rings. The Labute approximate surface area is 198 Å². The minimum absolute atomic E-state index is 0.0570. The number of nitrogen functional groups attached to an aromatic ring is 1. The number of aromatic nitrogens is 3. The average molecular weight is 490 g/mol. The number of benzene rings is 1. The molecule has 3 aromatic rings. The molecule has 0 bridgehead atoms. The van der Waals surface area contributed by atoms with Gasteiger partial charge in [0.15, 0.2) is 5.65 Å². The molecule has 1 atom stereocenters. The van der Waals surface area contributed by atoms with Crippen LogP contribution in [0.5, 0.6) is 5.75 Å². The zero-order chi connectivity index (χ0) is 24.6. The van der Waals surface area contributed by atoms with Crippen molar-refractivity contribution in [2.75, 3.05) is 37.4 Å². The highest BCUT2D eigenvalue weighted by molar-refractivity contribution is 5.99. The van der Waals surface area contributed by atoms with Crippen molar-refractivity contribution in [1.29, 1.82) is 0 Å². The van der Waals surface area contributed by atoms with Crippen molar-refractivity contribution in [2.24, 2.45) is 0 Å². The maximum atomic E-state index is 13.0. The number of likely N-dealkylation sites (tertiary alicyclic amines) is 1. The fourth-order valence-electron chi connectivity index (χ4n) is 4.65. The number of amides is 1. The molecule has 0 radical (unpaired) electrons. The van der Waals surface area contributed by atoms with Crippen LogP contribution < -0.4 is 15.8 Å². The van der Waals surface area contributed by atoms with Crippen LogP contribution in [-0.2, 0) is 4.74 Å². The number of piperidine rings is 1. The molecule has 1 aromatic carbocycles. The number of nitrogens with zero attached hydrogens (tertiary/aromatic N) is 3. The topological polar surface area (TPSA) is 118 Å². The smallest absolute Gasteiger partial charge is 0.406 e. The summed E-state index contributed by atoms with van der Waals surface area (Å²) < 4.78 is 46.6. The normalized spacial score (nSPS) is 19.3. The van der Waals surface area contributed by atoms with Gasteiger partial charge in [-0.05, 0) is 37.3 Å². The van der Waals surface area contributed by atoms with E-state index in [1.807, 2.05) is 6.20 Å². The number of aromatic amines is 1. The highest BCUT2D eigenvalue weighted by Crippen LogP contribution is 2.34. The van der Waals surface area contributed by atoms with Crippen LogP contribution in [0.2, 0.25) is 0 Å². The van der Waals surface area contributed by atoms with E-state index < -0.39 is 12.1 Å². The van der Waals surface area contributed by atoms with Gasteiger partial charge in [-0.15, -0.1) is 13.2 Å². The number of nitrogens with two attached hydrogens (primary N) is 1. The van der Waals surface area contributed by atoms with Gasteiger partial charge in [0.25, 0.3) is 5.91 Å². The zero-order valence-corrected chi connectivity index (χ0v) is 18.8. The summed E-state index contributed by atoms with van der Waals surface area (Å²) in [5.74, 6) is 0.116. The third kappa shape index (κ3) is 5.11. The Morgan fingerprint density at radius 3 is 2.74 bits per heavy atom. The van der Waals surface area contributed by atoms with Gasteiger partial charge < -0.3 is 30.4 Å². The van der Waals surface area contributed by atoms with E-state index in [9.17, 15) is 18.0 Å². The molecule has 9 nitrogen and oxygen atoms in total. The van der Waals surface area contributed by atoms with Crippen LogP contribution in [0.25, 0.3) is 11.2 Å². The predicted molar refractivity (Wildman–Crippen MR) is 122 cm³/mol. The summed E-state index contributed by atoms with van der Waals surface area (Å²) in [6.45, 7) is 2.36. The number of rotatable bonds is 5. The predicted octanol–water partition coefficient (Wildman–Crippen LogP) is 3.66. The van der Waals surface area contributed by atoms with Crippen LogP contribution in [0.1, 0.15) is 41.1 Å². The molecule has 2 saturated heterocycles. The maximum Gasteiger partial charge on any atom is 0.573 e. The summed E-state index contributed by atoms with van der Waals surface area (Å²) in [5.41, 5.74) is 8.53. The van der Waals surface area contributed by atoms with Gasteiger partial charge in [0.2, 0.25) is 0 Å². The van der Waals surface area contributed by atoms with E-state index in [2.05, 4.69) is 20.0 Å². The second kappa shape index (κ2) is 9.25. The van der Waals surface area contributed by atoms with Gasteiger partial charge in [-0.1, -0.05) is 0 Å². The second-order valence-corrected chi connectivity index (χ2v) is 8.76. The van der Waals surface area contributed by atoms with Gasteiger partial charge >= 0.3 is 6.36 Å². The first-order valence-electron chi connectivity index (χ1n) is 11.4. The van der Waals surface area contributed by atoms with Gasteiger partial charge in [0.05, 0.1) is 24.4 Å². The molecule has 5 rings (SSSR count). The second-order valence-electron chi connectivity index (χ2n) is 8.76. The van der Waals surface area contributed by atoms with E-state index in [4.69, 9.17) is 15.5 Å². The van der Waals surface area contributed by atoms with Gasteiger partial charge in [-0.2, -0.15) is 0 Å². The highest BCUT2D eigenvalue weighted by Gasteiger charge is 2.32. The summed E-state index contributed by atoms with van der Waals surface area (Å²) in [6, 6.07) is 3.60. The lowest BCUT2D eigenvalue weighted by molar-refractivity contribution is -0.274. The molecule has 4 heterocycles. The van der Waals surface area contributed by atoms with Crippen molar-refractivity contribution < 1.29 is 27.4 Å². The molecule has 0 saturated carbocycles. The lowest BCUT2D eigenvalue weighted by Gasteiger charge is -2.32. The van der Waals surface area contributed by atoms with Crippen LogP contribution in [0.4, 0.5) is 24.7 Å². The molecule has 2 aliphatic rings. The molecule has 0 spiro atoms. The van der Waals surface area contributed by atoms with Gasteiger partial charge in [0, 0.05) is 43.2 Å². The number of halogens is 3. The van der Waals surface area contributed by atoms with Gasteiger partial charge in [-0.3, -0.25) is 4.79 Å². The Balaban J connectivity index is 1.25. The van der Waals surface area contributed by atoms with E-state index in [0.29, 0.717) is 44.0 Å². The summed E-state index contributed by atoms with van der Waals surface area (Å²) >= 11 is 0. The fraction of sp³-hybridized carbons (Fsp3) is 0.435. The number of ether oxygens (including phenoxy) is 2. The largest absolute Gasteiger partial charge is 0.573 e. The van der Waals surface area contributed by atoms with Crippen LogP contribution in [0, 0.1) is 0 Å². The number of anilines is 2. The fourth-order valence-corrected chi connectivity index (χ4v) is 4.65. The monoisotopic (exact) mass is 490 g/mol. The Hall–Kier alpha value is -3.54. The Kier molecular flexibility index (Phi) is 6.13. The van der Waals surface area contributed by atoms with Crippen molar-refractivity contribution in [2.45, 2.75) is 37.6 Å². The summed E-state index contributed by atoms with van der Waals surface area (Å²) in [5, 5.41) is 3.37. The van der Waals surface area contributed by atoms with Crippen molar-refractivity contribution in [3.63, 3.8) is 0 Å². The van der Waals surface area contributed by atoms with Crippen molar-refractivity contribution in [1.82, 2.24) is 19.9 Å². The molecule has 35 heavy (non-hydrogen) atoms. The van der Waals surface area contributed by atoms with E-state index in [0.717, 1.165) is 36.2 Å². The van der Waals surface area contributed by atoms with E-state index >= 15 is 0 Å². The number of H-pyrrole nitrogens is 1. The summed E-state index contributed by atoms with van der Waals surface area (Å²) in [6.07, 6.45) is 1.15. The van der Waals surface area contributed by atoms with Crippen molar-refractivity contribution >= 4 is 28.6 Å². The van der Waals surface area contributed by atoms with E-state index in [1.54, 1.807) is 11.1 Å². The Morgan fingerprint density at radius 2 is 2.06 bits per heavy atom. The molecular weight excluding hydrogens is 465 g/mol. The van der Waals surface area contributed by atoms with Crippen LogP contribution in [0.15, 0.2) is 30.6 Å². The van der Waals surface area contributed by atoms with Crippen molar-refractivity contribution in [3.05, 3.63) is 41.7 Å². The molecular formula is C23H25F3N6O3. The molecule has 186 valence electrons. The zero-order valence-electron chi connectivity index (χ0n) is 18.8. The summed E-state index contributed by atoms with van der Waals surface area (Å²) in [7, 11) is 0. The van der Waals surface area contributed by atoms with Gasteiger partial charge in [0.1, 0.15) is 17.1 Å². The number of hydrogen-bond acceptors (Lipinski definition) is 7. The molecule has 1 amide bonds. The number of fused-ring (bicyclic) bond motifs is 1. The number of hydrogen-bond donors (Lipinski definition) is 3. The molecule has 12 heteroatoms. The number of alkyl halides is 3. The quantitative estimate of drug-likeness (QED) is 0.467. The van der Waals surface area contributed by atoms with E-state index in [1.165, 1.54) is 6.07 Å². The first-order valence-corrected chi connectivity index (χ1v) is 11.4. The third-order valence-electron chi connectivity index (χ3n) is 6.40. The third-order valence-corrected chi connectivity index (χ3v) is 6.40. The summed E-state index contributed by atoms with van der Waals surface area (Å²) in [4.78, 5) is 27.1. The van der Waals surface area contributed by atoms with Gasteiger partial charge in [-0.25, -0.2) is 9.97 Å². The molecule has 0 aliphatic carbocycles. The molecule has 4 N–H and O–H groups in total. The first kappa shape index (κ1) is 23.2. The van der Waals surface area contributed by atoms with Crippen LogP contribution >= 0.6 is 0 Å². The highest BCUT2D eigenvalue weighted by atomic mass is 19.4. The van der Waals surface area contributed by atoms with Crippen LogP contribution in [0.3, 0.4) is 0 Å². The molecule has 2 aromatic heterocycles. The lowest BCUT2D eigenvalue weighted by atomic mass is 9.90. The average Bonchev–Trinajstić information content (AvgIpc) is 3.47. The maximum absolute atomic E-state index is 13.0. The molecule has 0 unspecified atom stereocenters. The van der Waals surface area contributed by atoms with Crippen molar-refractivity contribution in [3.8, 4) is 5.75 Å². The minimum atomic E-state index is -4.83. The molecule has 2 aliphatic heterocycles. The lowest BCUT2D eigenvalue weighted by Crippen LogP contribution is -2.38. The SMILES string of the molecule is Nc1cc(OC(F)(F)F)ccc1C(=O)N1CCC(c2c[nH]c3ncc(N[C@@H]4CCOC4)nc23)CC1. The number of carbonyl (C=O) groups excluding carboxylic acids is 1. The minimum Gasteiger partial charge on any atom is -0.406 e. The Morgan fingerprint density at radius 1 is 1.26 bits per heavy atom. The Bertz CT molecular complexity index is 1220. The standard InChI is InChI=1S/C23H25F3N6O3/c24-23(25,26)35-15-1-2-16(18(27)9-15)22(33)32-6-3-13(4-7-32)17-10-28-21-20(17)31-19(11-29-21)30-14-5-8-34-12-14/h1-2,9-11,13-14H,3-8,12,27H2,(H,28,29)(H,30,31)/t14-/m1/s1. The van der Waals surface area contributed by atoms with E-state index in [-0.39, 0.29) is 29.1 Å². The van der Waals surface area contributed by atoms with Crippen LogP contribution in [-0.4, -0.2) is 64.5 Å². The first-order chi connectivity index (χ1) is 16.8. The number of carbonyl (C=O) groups is 1.